The standard InChI is InChI=1S/C23H24N2O2S/c1-12-9-10-28-20(12)22-25-19-15(6-4-8-17(19)27-22)21(26)24-18-11-14-5-3-7-16-13(2)23(14,16)18/h4,6,8-10,13-14,16,18H,3,5,7,11H2,1-2H3,(H,24,26). The molecule has 5 unspecified atom stereocenters. The van der Waals surface area contributed by atoms with E-state index in [1.54, 1.807) is 11.3 Å². The van der Waals surface area contributed by atoms with Crippen LogP contribution in [0, 0.1) is 30.1 Å². The van der Waals surface area contributed by atoms with Crippen LogP contribution in [0.25, 0.3) is 21.9 Å². The van der Waals surface area contributed by atoms with E-state index in [1.807, 2.05) is 23.6 Å². The lowest BCUT2D eigenvalue weighted by molar-refractivity contribution is 0.0244. The molecular formula is C23H24N2O2S. The number of para-hydroxylation sites is 1. The lowest BCUT2D eigenvalue weighted by atomic mass is 9.59. The van der Waals surface area contributed by atoms with E-state index >= 15 is 0 Å². The Morgan fingerprint density at radius 1 is 1.32 bits per heavy atom. The second kappa shape index (κ2) is 5.69. The largest absolute Gasteiger partial charge is 0.435 e. The highest BCUT2D eigenvalue weighted by molar-refractivity contribution is 7.13. The minimum Gasteiger partial charge on any atom is -0.435 e. The molecule has 0 radical (unpaired) electrons. The molecule has 3 aromatic rings. The molecule has 2 heterocycles. The van der Waals surface area contributed by atoms with E-state index in [0.29, 0.717) is 34.0 Å². The maximum Gasteiger partial charge on any atom is 0.253 e. The second-order valence-corrected chi connectivity index (χ2v) is 9.80. The molecule has 1 aromatic carbocycles. The summed E-state index contributed by atoms with van der Waals surface area (Å²) in [5.74, 6) is 3.00. The van der Waals surface area contributed by atoms with Crippen molar-refractivity contribution in [2.24, 2.45) is 23.2 Å². The van der Waals surface area contributed by atoms with Gasteiger partial charge in [-0.15, -0.1) is 11.3 Å². The topological polar surface area (TPSA) is 55.1 Å². The van der Waals surface area contributed by atoms with Gasteiger partial charge in [0, 0.05) is 6.04 Å². The maximum atomic E-state index is 13.2. The molecular weight excluding hydrogens is 368 g/mol. The molecule has 1 amide bonds. The van der Waals surface area contributed by atoms with Crippen molar-refractivity contribution in [1.82, 2.24) is 10.3 Å². The van der Waals surface area contributed by atoms with E-state index in [9.17, 15) is 4.79 Å². The second-order valence-electron chi connectivity index (χ2n) is 8.89. The van der Waals surface area contributed by atoms with Crippen molar-refractivity contribution < 1.29 is 9.21 Å². The van der Waals surface area contributed by atoms with Gasteiger partial charge in [-0.3, -0.25) is 4.79 Å². The fourth-order valence-electron chi connectivity index (χ4n) is 6.47. The number of hydrogen-bond donors (Lipinski definition) is 1. The number of nitrogens with one attached hydrogen (secondary N) is 1. The first-order valence-corrected chi connectivity index (χ1v) is 11.2. The predicted octanol–water partition coefficient (Wildman–Crippen LogP) is 5.42. The molecule has 1 N–H and O–H groups in total. The molecule has 0 saturated heterocycles. The number of aromatic nitrogens is 1. The Bertz CT molecular complexity index is 1090. The third-order valence-electron chi connectivity index (χ3n) is 7.85. The first-order valence-electron chi connectivity index (χ1n) is 10.4. The minimum atomic E-state index is -0.00500. The number of carbonyl (C=O) groups is 1. The van der Waals surface area contributed by atoms with Crippen LogP contribution >= 0.6 is 11.3 Å². The summed E-state index contributed by atoms with van der Waals surface area (Å²) >= 11 is 1.62. The van der Waals surface area contributed by atoms with Gasteiger partial charge >= 0.3 is 0 Å². The van der Waals surface area contributed by atoms with Gasteiger partial charge in [0.15, 0.2) is 5.58 Å². The lowest BCUT2D eigenvalue weighted by Gasteiger charge is -2.50. The van der Waals surface area contributed by atoms with E-state index in [-0.39, 0.29) is 5.91 Å². The Morgan fingerprint density at radius 2 is 2.21 bits per heavy atom. The smallest absolute Gasteiger partial charge is 0.253 e. The number of hydrogen-bond acceptors (Lipinski definition) is 4. The minimum absolute atomic E-state index is 0.00500. The number of aryl methyl sites for hydroxylation is 1. The van der Waals surface area contributed by atoms with Crippen molar-refractivity contribution in [3.05, 3.63) is 40.8 Å². The van der Waals surface area contributed by atoms with Crippen molar-refractivity contribution in [3.8, 4) is 10.8 Å². The maximum absolute atomic E-state index is 13.2. The van der Waals surface area contributed by atoms with E-state index in [4.69, 9.17) is 9.40 Å². The number of rotatable bonds is 3. The normalized spacial score (nSPS) is 33.1. The number of carbonyl (C=O) groups excluding carboxylic acids is 1. The first-order chi connectivity index (χ1) is 13.6. The van der Waals surface area contributed by atoms with Crippen molar-refractivity contribution >= 4 is 28.3 Å². The van der Waals surface area contributed by atoms with Crippen molar-refractivity contribution in [3.63, 3.8) is 0 Å². The molecule has 6 rings (SSSR count). The monoisotopic (exact) mass is 392 g/mol. The summed E-state index contributed by atoms with van der Waals surface area (Å²) in [4.78, 5) is 18.9. The number of benzene rings is 1. The number of nitrogens with zero attached hydrogens (tertiary/aromatic N) is 1. The summed E-state index contributed by atoms with van der Waals surface area (Å²) in [6, 6.07) is 8.04. The zero-order valence-electron chi connectivity index (χ0n) is 16.2. The van der Waals surface area contributed by atoms with Crippen LogP contribution in [0.1, 0.15) is 48.5 Å². The van der Waals surface area contributed by atoms with Gasteiger partial charge in [0.1, 0.15) is 5.52 Å². The van der Waals surface area contributed by atoms with Crippen LogP contribution in [0.2, 0.25) is 0 Å². The van der Waals surface area contributed by atoms with Crippen LogP contribution in [0.3, 0.4) is 0 Å². The molecule has 4 nitrogen and oxygen atoms in total. The SMILES string of the molecule is Cc1ccsc1-c1nc2c(C(=O)NC3CC4CCCC5C(C)C435)cccc2o1. The van der Waals surface area contributed by atoms with Crippen molar-refractivity contribution in [1.29, 1.82) is 0 Å². The Kier molecular flexibility index (Phi) is 3.41. The summed E-state index contributed by atoms with van der Waals surface area (Å²) in [6.45, 7) is 4.44. The zero-order valence-corrected chi connectivity index (χ0v) is 17.0. The molecule has 5 atom stereocenters. The van der Waals surface area contributed by atoms with Gasteiger partial charge in [0.2, 0.25) is 5.89 Å². The van der Waals surface area contributed by atoms with Crippen LogP contribution in [0.5, 0.6) is 0 Å². The van der Waals surface area contributed by atoms with Crippen LogP contribution in [-0.4, -0.2) is 16.9 Å². The van der Waals surface area contributed by atoms with Crippen LogP contribution in [0.15, 0.2) is 34.1 Å². The fourth-order valence-corrected chi connectivity index (χ4v) is 7.32. The quantitative estimate of drug-likeness (QED) is 0.647. The Hall–Kier alpha value is -2.14. The molecule has 3 saturated carbocycles. The molecule has 28 heavy (non-hydrogen) atoms. The highest BCUT2D eigenvalue weighted by atomic mass is 32.1. The molecule has 0 bridgehead atoms. The van der Waals surface area contributed by atoms with E-state index < -0.39 is 0 Å². The van der Waals surface area contributed by atoms with E-state index in [1.165, 1.54) is 19.3 Å². The number of fused-ring (bicyclic) bond motifs is 1. The molecule has 2 aromatic heterocycles. The highest BCUT2D eigenvalue weighted by Crippen LogP contribution is 2.77. The first kappa shape index (κ1) is 16.8. The van der Waals surface area contributed by atoms with Gasteiger partial charge in [-0.2, -0.15) is 0 Å². The van der Waals surface area contributed by atoms with Gasteiger partial charge in [0.25, 0.3) is 5.91 Å². The third-order valence-corrected chi connectivity index (χ3v) is 8.85. The summed E-state index contributed by atoms with van der Waals surface area (Å²) in [7, 11) is 0. The van der Waals surface area contributed by atoms with E-state index in [0.717, 1.165) is 34.6 Å². The summed E-state index contributed by atoms with van der Waals surface area (Å²) in [6.07, 6.45) is 5.19. The van der Waals surface area contributed by atoms with Crippen LogP contribution in [-0.2, 0) is 0 Å². The molecule has 3 aliphatic rings. The number of oxazole rings is 1. The molecule has 1 spiro atoms. The highest BCUT2D eigenvalue weighted by Gasteiger charge is 2.75. The van der Waals surface area contributed by atoms with Crippen molar-refractivity contribution in [2.45, 2.75) is 45.6 Å². The third kappa shape index (κ3) is 2.06. The van der Waals surface area contributed by atoms with Gasteiger partial charge in [0.05, 0.1) is 10.4 Å². The summed E-state index contributed by atoms with van der Waals surface area (Å²) in [5, 5.41) is 5.41. The van der Waals surface area contributed by atoms with Crippen LogP contribution in [0.4, 0.5) is 0 Å². The molecule has 0 aliphatic heterocycles. The summed E-state index contributed by atoms with van der Waals surface area (Å²) in [5.41, 5.74) is 3.51. The van der Waals surface area contributed by atoms with Gasteiger partial charge in [-0.1, -0.05) is 19.4 Å². The average molecular weight is 393 g/mol. The van der Waals surface area contributed by atoms with Crippen LogP contribution < -0.4 is 5.32 Å². The Morgan fingerprint density at radius 3 is 3.00 bits per heavy atom. The van der Waals surface area contributed by atoms with E-state index in [2.05, 4.69) is 25.2 Å². The van der Waals surface area contributed by atoms with Gasteiger partial charge < -0.3 is 9.73 Å². The Labute approximate surface area is 168 Å². The molecule has 5 heteroatoms. The van der Waals surface area contributed by atoms with Gasteiger partial charge in [-0.05, 0) is 78.5 Å². The average Bonchev–Trinajstić information content (AvgIpc) is 3.00. The lowest BCUT2D eigenvalue weighted by Crippen LogP contribution is -2.56. The van der Waals surface area contributed by atoms with Crippen molar-refractivity contribution in [2.75, 3.05) is 0 Å². The summed E-state index contributed by atoms with van der Waals surface area (Å²) < 4.78 is 5.98. The molecule has 3 fully saturated rings. The molecule has 3 aliphatic carbocycles. The number of amides is 1. The predicted molar refractivity (Wildman–Crippen MR) is 110 cm³/mol. The van der Waals surface area contributed by atoms with Gasteiger partial charge in [-0.25, -0.2) is 4.98 Å². The Balaban J connectivity index is 1.31. The number of thiophene rings is 1. The fraction of sp³-hybridized carbons (Fsp3) is 0.478. The zero-order chi connectivity index (χ0) is 19.0. The molecule has 144 valence electrons.